The van der Waals surface area contributed by atoms with E-state index in [2.05, 4.69) is 10.6 Å². The van der Waals surface area contributed by atoms with Gasteiger partial charge in [0.15, 0.2) is 0 Å². The number of nitro benzene ring substituents is 1. The van der Waals surface area contributed by atoms with Gasteiger partial charge < -0.3 is 15.5 Å². The van der Waals surface area contributed by atoms with Crippen molar-refractivity contribution in [1.82, 2.24) is 10.2 Å². The number of nitrogens with one attached hydrogen (secondary N) is 2. The van der Waals surface area contributed by atoms with Crippen molar-refractivity contribution in [1.29, 1.82) is 0 Å². The van der Waals surface area contributed by atoms with E-state index in [1.165, 1.54) is 6.07 Å². The molecule has 2 aromatic carbocycles. The molecule has 154 valence electrons. The number of nitrogens with zero attached hydrogens (tertiary/aromatic N) is 2. The topological polar surface area (TPSA) is 87.5 Å². The van der Waals surface area contributed by atoms with Crippen molar-refractivity contribution in [3.05, 3.63) is 69.8 Å². The zero-order valence-corrected chi connectivity index (χ0v) is 16.8. The maximum absolute atomic E-state index is 13.2. The lowest BCUT2D eigenvalue weighted by Gasteiger charge is -2.34. The molecule has 1 aliphatic heterocycles. The first kappa shape index (κ1) is 20.8. The summed E-state index contributed by atoms with van der Waals surface area (Å²) in [5.41, 5.74) is 1.74. The van der Waals surface area contributed by atoms with Crippen LogP contribution in [0.15, 0.2) is 48.5 Å². The number of benzene rings is 2. The number of hydrogen-bond acceptors (Lipinski definition) is 5. The third-order valence-corrected chi connectivity index (χ3v) is 5.24. The van der Waals surface area contributed by atoms with Gasteiger partial charge in [0.1, 0.15) is 5.69 Å². The van der Waals surface area contributed by atoms with E-state index in [4.69, 9.17) is 0 Å². The molecule has 2 aromatic rings. The molecule has 0 bridgehead atoms. The quantitative estimate of drug-likeness (QED) is 0.523. The second kappa shape index (κ2) is 10.0. The van der Waals surface area contributed by atoms with Crippen LogP contribution in [0.1, 0.15) is 42.1 Å². The number of hydrogen-bond donors (Lipinski definition) is 2. The summed E-state index contributed by atoms with van der Waals surface area (Å²) in [7, 11) is 0. The van der Waals surface area contributed by atoms with E-state index in [1.807, 2.05) is 42.2 Å². The lowest BCUT2D eigenvalue weighted by molar-refractivity contribution is -0.384. The first-order valence-corrected chi connectivity index (χ1v) is 10.2. The lowest BCUT2D eigenvalue weighted by Crippen LogP contribution is -2.46. The number of nitro groups is 1. The first-order valence-electron chi connectivity index (χ1n) is 10.2. The monoisotopic (exact) mass is 396 g/mol. The van der Waals surface area contributed by atoms with E-state index in [1.54, 1.807) is 12.1 Å². The summed E-state index contributed by atoms with van der Waals surface area (Å²) in [5, 5.41) is 18.1. The van der Waals surface area contributed by atoms with Crippen molar-refractivity contribution < 1.29 is 9.72 Å². The van der Waals surface area contributed by atoms with Crippen LogP contribution in [-0.4, -0.2) is 41.4 Å². The molecule has 1 aliphatic rings. The fraction of sp³-hybridized carbons (Fsp3) is 0.409. The molecule has 0 aliphatic carbocycles. The van der Waals surface area contributed by atoms with Gasteiger partial charge in [-0.3, -0.25) is 14.9 Å². The van der Waals surface area contributed by atoms with Gasteiger partial charge >= 0.3 is 0 Å². The van der Waals surface area contributed by atoms with E-state index >= 15 is 0 Å². The van der Waals surface area contributed by atoms with E-state index in [0.717, 1.165) is 37.9 Å². The molecule has 29 heavy (non-hydrogen) atoms. The Balaban J connectivity index is 1.80. The molecule has 1 saturated heterocycles. The Morgan fingerprint density at radius 1 is 1.21 bits per heavy atom. The lowest BCUT2D eigenvalue weighted by atomic mass is 10.0. The molecule has 1 fully saturated rings. The molecule has 7 heteroatoms. The van der Waals surface area contributed by atoms with Gasteiger partial charge in [-0.15, -0.1) is 0 Å². The Labute approximate surface area is 171 Å². The Morgan fingerprint density at radius 2 is 1.93 bits per heavy atom. The van der Waals surface area contributed by atoms with Crippen molar-refractivity contribution in [2.24, 2.45) is 0 Å². The summed E-state index contributed by atoms with van der Waals surface area (Å²) in [6.07, 6.45) is 2.67. The van der Waals surface area contributed by atoms with Crippen LogP contribution >= 0.6 is 0 Å². The Morgan fingerprint density at radius 3 is 2.59 bits per heavy atom. The van der Waals surface area contributed by atoms with Crippen LogP contribution in [0.5, 0.6) is 0 Å². The first-order chi connectivity index (χ1) is 14.1. The molecule has 0 atom stereocenters. The van der Waals surface area contributed by atoms with Crippen molar-refractivity contribution >= 4 is 17.3 Å². The smallest absolute Gasteiger partial charge is 0.293 e. The van der Waals surface area contributed by atoms with Gasteiger partial charge in [-0.25, -0.2) is 0 Å². The Hall–Kier alpha value is -2.93. The van der Waals surface area contributed by atoms with Crippen LogP contribution in [0.4, 0.5) is 11.4 Å². The van der Waals surface area contributed by atoms with Gasteiger partial charge in [-0.05, 0) is 50.0 Å². The fourth-order valence-electron chi connectivity index (χ4n) is 3.73. The molecule has 0 saturated carbocycles. The van der Waals surface area contributed by atoms with Gasteiger partial charge in [0.2, 0.25) is 0 Å². The van der Waals surface area contributed by atoms with Crippen molar-refractivity contribution in [2.75, 3.05) is 25.0 Å². The average molecular weight is 396 g/mol. The SMILES string of the molecule is CCCN(C(=O)c1ccc(NCc2ccccc2)c([N+](=O)[O-])c1)C1CCNCC1. The van der Waals surface area contributed by atoms with Gasteiger partial charge in [-0.1, -0.05) is 37.3 Å². The zero-order valence-electron chi connectivity index (χ0n) is 16.8. The second-order valence-electron chi connectivity index (χ2n) is 7.31. The third kappa shape index (κ3) is 5.32. The number of anilines is 1. The van der Waals surface area contributed by atoms with Gasteiger partial charge in [0, 0.05) is 30.8 Å². The predicted molar refractivity (Wildman–Crippen MR) is 114 cm³/mol. The highest BCUT2D eigenvalue weighted by atomic mass is 16.6. The number of rotatable bonds is 8. The van der Waals surface area contributed by atoms with Crippen molar-refractivity contribution in [3.63, 3.8) is 0 Å². The van der Waals surface area contributed by atoms with Crippen molar-refractivity contribution in [2.45, 2.75) is 38.8 Å². The minimum absolute atomic E-state index is 0.0754. The van der Waals surface area contributed by atoms with Crippen LogP contribution in [0.2, 0.25) is 0 Å². The molecule has 0 aromatic heterocycles. The molecule has 0 unspecified atom stereocenters. The number of amides is 1. The highest BCUT2D eigenvalue weighted by Crippen LogP contribution is 2.27. The molecule has 0 radical (unpaired) electrons. The van der Waals surface area contributed by atoms with E-state index in [0.29, 0.717) is 24.3 Å². The highest BCUT2D eigenvalue weighted by Gasteiger charge is 2.27. The molecular formula is C22H28N4O3. The van der Waals surface area contributed by atoms with E-state index in [-0.39, 0.29) is 17.6 Å². The standard InChI is InChI=1S/C22H28N4O3/c1-2-14-25(19-10-12-23-13-11-19)22(27)18-8-9-20(21(15-18)26(28)29)24-16-17-6-4-3-5-7-17/h3-9,15,19,23-24H,2,10-14,16H2,1H3. The van der Waals surface area contributed by atoms with Gasteiger partial charge in [0.25, 0.3) is 11.6 Å². The minimum atomic E-state index is -0.432. The normalized spacial score (nSPS) is 14.4. The maximum Gasteiger partial charge on any atom is 0.293 e. The second-order valence-corrected chi connectivity index (χ2v) is 7.31. The maximum atomic E-state index is 13.2. The molecule has 1 heterocycles. The molecule has 3 rings (SSSR count). The Kier molecular flexibility index (Phi) is 7.19. The number of carbonyl (C=O) groups is 1. The predicted octanol–water partition coefficient (Wildman–Crippen LogP) is 3.81. The van der Waals surface area contributed by atoms with Crippen molar-refractivity contribution in [3.8, 4) is 0 Å². The van der Waals surface area contributed by atoms with Crippen LogP contribution in [0.3, 0.4) is 0 Å². The summed E-state index contributed by atoms with van der Waals surface area (Å²) in [5.74, 6) is -0.128. The Bertz CT molecular complexity index is 835. The molecular weight excluding hydrogens is 368 g/mol. The van der Waals surface area contributed by atoms with E-state index < -0.39 is 4.92 Å². The summed E-state index contributed by atoms with van der Waals surface area (Å²) < 4.78 is 0. The summed E-state index contributed by atoms with van der Waals surface area (Å²) >= 11 is 0. The number of piperidine rings is 1. The van der Waals surface area contributed by atoms with Crippen LogP contribution in [-0.2, 0) is 6.54 Å². The molecule has 2 N–H and O–H groups in total. The fourth-order valence-corrected chi connectivity index (χ4v) is 3.73. The molecule has 1 amide bonds. The molecule has 7 nitrogen and oxygen atoms in total. The average Bonchev–Trinajstić information content (AvgIpc) is 2.76. The largest absolute Gasteiger partial charge is 0.375 e. The van der Waals surface area contributed by atoms with Crippen LogP contribution in [0, 0.1) is 10.1 Å². The van der Waals surface area contributed by atoms with Crippen LogP contribution < -0.4 is 10.6 Å². The molecule has 0 spiro atoms. The highest BCUT2D eigenvalue weighted by molar-refractivity contribution is 5.96. The van der Waals surface area contributed by atoms with Gasteiger partial charge in [-0.2, -0.15) is 0 Å². The minimum Gasteiger partial charge on any atom is -0.375 e. The summed E-state index contributed by atoms with van der Waals surface area (Å²) in [6, 6.07) is 14.6. The summed E-state index contributed by atoms with van der Waals surface area (Å²) in [6.45, 7) is 4.96. The third-order valence-electron chi connectivity index (χ3n) is 5.24. The van der Waals surface area contributed by atoms with Crippen LogP contribution in [0.25, 0.3) is 0 Å². The summed E-state index contributed by atoms with van der Waals surface area (Å²) in [4.78, 5) is 26.3. The van der Waals surface area contributed by atoms with Gasteiger partial charge in [0.05, 0.1) is 4.92 Å². The van der Waals surface area contributed by atoms with E-state index in [9.17, 15) is 14.9 Å². The zero-order chi connectivity index (χ0) is 20.6. The number of carbonyl (C=O) groups excluding carboxylic acids is 1.